The molecule has 0 unspecified atom stereocenters. The summed E-state index contributed by atoms with van der Waals surface area (Å²) in [6.07, 6.45) is 1.42. The Morgan fingerprint density at radius 2 is 2.25 bits per heavy atom. The second kappa shape index (κ2) is 4.30. The maximum Gasteiger partial charge on any atom is 0.214 e. The van der Waals surface area contributed by atoms with E-state index in [4.69, 9.17) is 4.52 Å². The van der Waals surface area contributed by atoms with Crippen molar-refractivity contribution in [2.45, 2.75) is 20.4 Å². The Kier molecular flexibility index (Phi) is 2.85. The summed E-state index contributed by atoms with van der Waals surface area (Å²) in [6, 6.07) is 3.05. The van der Waals surface area contributed by atoms with Gasteiger partial charge in [-0.3, -0.25) is 0 Å². The Morgan fingerprint density at radius 1 is 1.44 bits per heavy atom. The third-order valence-corrected chi connectivity index (χ3v) is 2.38. The molecule has 0 saturated carbocycles. The predicted octanol–water partition coefficient (Wildman–Crippen LogP) is 2.44. The molecule has 16 heavy (non-hydrogen) atoms. The van der Waals surface area contributed by atoms with Crippen molar-refractivity contribution in [3.05, 3.63) is 41.3 Å². The summed E-state index contributed by atoms with van der Waals surface area (Å²) in [5, 5.41) is 6.93. The first-order valence-electron chi connectivity index (χ1n) is 4.94. The Labute approximate surface area is 92.5 Å². The Bertz CT molecular complexity index is 476. The minimum absolute atomic E-state index is 0.497. The van der Waals surface area contributed by atoms with Gasteiger partial charge in [0.2, 0.25) is 5.95 Å². The summed E-state index contributed by atoms with van der Waals surface area (Å²) < 4.78 is 17.8. The van der Waals surface area contributed by atoms with Crippen molar-refractivity contribution in [1.82, 2.24) is 10.1 Å². The van der Waals surface area contributed by atoms with Crippen molar-refractivity contribution >= 4 is 5.69 Å². The van der Waals surface area contributed by atoms with Crippen LogP contribution in [0.4, 0.5) is 10.1 Å². The van der Waals surface area contributed by atoms with Crippen LogP contribution in [0.3, 0.4) is 0 Å². The quantitative estimate of drug-likeness (QED) is 0.809. The molecule has 5 heteroatoms. The molecule has 0 saturated heterocycles. The highest BCUT2D eigenvalue weighted by Crippen LogP contribution is 2.15. The van der Waals surface area contributed by atoms with E-state index in [0.29, 0.717) is 12.2 Å². The first kappa shape index (κ1) is 10.6. The maximum absolute atomic E-state index is 12.8. The molecule has 0 aromatic carbocycles. The van der Waals surface area contributed by atoms with Gasteiger partial charge in [-0.05, 0) is 19.9 Å². The molecule has 0 fully saturated rings. The van der Waals surface area contributed by atoms with Crippen LogP contribution in [0, 0.1) is 19.8 Å². The Morgan fingerprint density at radius 3 is 2.88 bits per heavy atom. The third-order valence-electron chi connectivity index (χ3n) is 2.38. The van der Waals surface area contributed by atoms with Gasteiger partial charge in [0.05, 0.1) is 5.69 Å². The number of nitrogens with one attached hydrogen (secondary N) is 1. The minimum atomic E-state index is -0.497. The molecular formula is C11H12FN3O. The first-order valence-corrected chi connectivity index (χ1v) is 4.94. The maximum atomic E-state index is 12.8. The number of aryl methyl sites for hydroxylation is 2. The number of hydrogen-bond donors (Lipinski definition) is 1. The van der Waals surface area contributed by atoms with E-state index < -0.39 is 5.95 Å². The molecular weight excluding hydrogens is 209 g/mol. The summed E-state index contributed by atoms with van der Waals surface area (Å²) in [6.45, 7) is 4.29. The van der Waals surface area contributed by atoms with Gasteiger partial charge in [0.25, 0.3) is 0 Å². The summed E-state index contributed by atoms with van der Waals surface area (Å²) in [5.74, 6) is 0.281. The molecule has 0 amide bonds. The van der Waals surface area contributed by atoms with Crippen LogP contribution in [0.1, 0.15) is 17.0 Å². The second-order valence-electron chi connectivity index (χ2n) is 3.52. The van der Waals surface area contributed by atoms with Crippen LogP contribution in [0.2, 0.25) is 0 Å². The van der Waals surface area contributed by atoms with Crippen molar-refractivity contribution in [1.29, 1.82) is 0 Å². The van der Waals surface area contributed by atoms with Gasteiger partial charge in [0.15, 0.2) is 0 Å². The minimum Gasteiger partial charge on any atom is -0.381 e. The van der Waals surface area contributed by atoms with Gasteiger partial charge in [-0.2, -0.15) is 4.39 Å². The topological polar surface area (TPSA) is 51.0 Å². The van der Waals surface area contributed by atoms with Crippen molar-refractivity contribution < 1.29 is 8.91 Å². The van der Waals surface area contributed by atoms with E-state index in [1.807, 2.05) is 13.8 Å². The fourth-order valence-electron chi connectivity index (χ4n) is 1.46. The molecule has 1 N–H and O–H groups in total. The Hall–Kier alpha value is -1.91. The van der Waals surface area contributed by atoms with Crippen LogP contribution in [-0.4, -0.2) is 10.1 Å². The fourth-order valence-corrected chi connectivity index (χ4v) is 1.46. The normalized spacial score (nSPS) is 10.4. The van der Waals surface area contributed by atoms with Crippen molar-refractivity contribution in [2.75, 3.05) is 5.32 Å². The molecule has 4 nitrogen and oxygen atoms in total. The molecule has 0 radical (unpaired) electrons. The highest BCUT2D eigenvalue weighted by molar-refractivity contribution is 5.42. The van der Waals surface area contributed by atoms with Crippen LogP contribution < -0.4 is 5.32 Å². The van der Waals surface area contributed by atoms with Crippen LogP contribution in [0.15, 0.2) is 22.9 Å². The number of pyridine rings is 1. The van der Waals surface area contributed by atoms with Crippen LogP contribution in [-0.2, 0) is 6.54 Å². The monoisotopic (exact) mass is 221 g/mol. The van der Waals surface area contributed by atoms with E-state index in [2.05, 4.69) is 15.5 Å². The van der Waals surface area contributed by atoms with E-state index >= 15 is 0 Å². The Balaban J connectivity index is 2.08. The lowest BCUT2D eigenvalue weighted by Crippen LogP contribution is -2.01. The first-order chi connectivity index (χ1) is 7.66. The SMILES string of the molecule is Cc1noc(C)c1CNc1ccnc(F)c1. The molecule has 0 aliphatic rings. The number of hydrogen-bond acceptors (Lipinski definition) is 4. The molecule has 2 heterocycles. The summed E-state index contributed by atoms with van der Waals surface area (Å²) in [4.78, 5) is 3.48. The van der Waals surface area contributed by atoms with E-state index in [1.54, 1.807) is 6.07 Å². The zero-order valence-electron chi connectivity index (χ0n) is 9.12. The van der Waals surface area contributed by atoms with Gasteiger partial charge in [-0.1, -0.05) is 5.16 Å². The van der Waals surface area contributed by atoms with Gasteiger partial charge in [-0.15, -0.1) is 0 Å². The predicted molar refractivity (Wildman–Crippen MR) is 57.5 cm³/mol. The molecule has 2 aromatic rings. The van der Waals surface area contributed by atoms with Gasteiger partial charge < -0.3 is 9.84 Å². The van der Waals surface area contributed by atoms with E-state index in [0.717, 1.165) is 17.0 Å². The van der Waals surface area contributed by atoms with Gasteiger partial charge in [0, 0.05) is 30.1 Å². The van der Waals surface area contributed by atoms with E-state index in [9.17, 15) is 4.39 Å². The highest BCUT2D eigenvalue weighted by atomic mass is 19.1. The van der Waals surface area contributed by atoms with Crippen molar-refractivity contribution in [2.24, 2.45) is 0 Å². The molecule has 0 aliphatic carbocycles. The molecule has 0 bridgehead atoms. The summed E-state index contributed by atoms with van der Waals surface area (Å²) >= 11 is 0. The number of halogens is 1. The van der Waals surface area contributed by atoms with Gasteiger partial charge in [0.1, 0.15) is 5.76 Å². The molecule has 0 aliphatic heterocycles. The average Bonchev–Trinajstić information content (AvgIpc) is 2.56. The smallest absolute Gasteiger partial charge is 0.214 e. The lowest BCUT2D eigenvalue weighted by Gasteiger charge is -2.05. The largest absolute Gasteiger partial charge is 0.381 e. The van der Waals surface area contributed by atoms with Gasteiger partial charge >= 0.3 is 0 Å². The second-order valence-corrected chi connectivity index (χ2v) is 3.52. The zero-order chi connectivity index (χ0) is 11.5. The van der Waals surface area contributed by atoms with Crippen LogP contribution in [0.25, 0.3) is 0 Å². The van der Waals surface area contributed by atoms with Crippen molar-refractivity contribution in [3.63, 3.8) is 0 Å². The molecule has 0 atom stereocenters. The number of aromatic nitrogens is 2. The number of rotatable bonds is 3. The van der Waals surface area contributed by atoms with Gasteiger partial charge in [-0.25, -0.2) is 4.98 Å². The van der Waals surface area contributed by atoms with Crippen LogP contribution in [0.5, 0.6) is 0 Å². The summed E-state index contributed by atoms with van der Waals surface area (Å²) in [7, 11) is 0. The highest BCUT2D eigenvalue weighted by Gasteiger charge is 2.08. The fraction of sp³-hybridized carbons (Fsp3) is 0.273. The van der Waals surface area contributed by atoms with E-state index in [-0.39, 0.29) is 0 Å². The van der Waals surface area contributed by atoms with E-state index in [1.165, 1.54) is 12.3 Å². The lowest BCUT2D eigenvalue weighted by molar-refractivity contribution is 0.392. The third kappa shape index (κ3) is 2.18. The average molecular weight is 221 g/mol. The molecule has 2 aromatic heterocycles. The molecule has 84 valence electrons. The van der Waals surface area contributed by atoms with Crippen LogP contribution >= 0.6 is 0 Å². The zero-order valence-corrected chi connectivity index (χ0v) is 9.12. The number of nitrogens with zero attached hydrogens (tertiary/aromatic N) is 2. The standard InChI is InChI=1S/C11H12FN3O/c1-7-10(8(2)16-15-7)6-14-9-3-4-13-11(12)5-9/h3-5H,6H2,1-2H3,(H,13,14). The molecule has 2 rings (SSSR count). The number of anilines is 1. The lowest BCUT2D eigenvalue weighted by atomic mass is 10.2. The van der Waals surface area contributed by atoms with Crippen molar-refractivity contribution in [3.8, 4) is 0 Å². The summed E-state index contributed by atoms with van der Waals surface area (Å²) in [5.41, 5.74) is 2.53. The molecule has 0 spiro atoms.